The number of nitrogen functional groups attached to an aromatic ring is 1. The zero-order chi connectivity index (χ0) is 18.4. The molecule has 0 saturated carbocycles. The Kier molecular flexibility index (Phi) is 6.00. The van der Waals surface area contributed by atoms with Gasteiger partial charge in [-0.1, -0.05) is 5.16 Å². The number of amides is 1. The predicted molar refractivity (Wildman–Crippen MR) is 95.7 cm³/mol. The number of oxime groups is 1. The van der Waals surface area contributed by atoms with Crippen LogP contribution in [0.5, 0.6) is 0 Å². The topological polar surface area (TPSA) is 115 Å². The summed E-state index contributed by atoms with van der Waals surface area (Å²) in [4.78, 5) is 27.0. The lowest BCUT2D eigenvalue weighted by Gasteiger charge is -2.34. The van der Waals surface area contributed by atoms with E-state index >= 15 is 0 Å². The Morgan fingerprint density at radius 1 is 1.40 bits per heavy atom. The SMILES string of the molecule is CO/N=C/c1c(N)ncnc1N1CCC(NC(=O)OC(C)(C)C)CC1. The second kappa shape index (κ2) is 8.00. The van der Waals surface area contributed by atoms with Gasteiger partial charge in [0, 0.05) is 19.1 Å². The van der Waals surface area contributed by atoms with Crippen LogP contribution in [0.1, 0.15) is 39.2 Å². The second-order valence-corrected chi connectivity index (χ2v) is 6.82. The van der Waals surface area contributed by atoms with Crippen molar-refractivity contribution >= 4 is 23.9 Å². The zero-order valence-corrected chi connectivity index (χ0v) is 15.2. The number of nitrogens with one attached hydrogen (secondary N) is 1. The van der Waals surface area contributed by atoms with Gasteiger partial charge in [-0.2, -0.15) is 0 Å². The van der Waals surface area contributed by atoms with Crippen molar-refractivity contribution in [2.45, 2.75) is 45.3 Å². The number of nitrogens with two attached hydrogens (primary N) is 1. The molecule has 9 nitrogen and oxygen atoms in total. The summed E-state index contributed by atoms with van der Waals surface area (Å²) < 4.78 is 5.30. The third kappa shape index (κ3) is 5.47. The minimum Gasteiger partial charge on any atom is -0.444 e. The molecule has 1 fully saturated rings. The number of anilines is 2. The summed E-state index contributed by atoms with van der Waals surface area (Å²) in [5, 5.41) is 6.68. The Morgan fingerprint density at radius 3 is 2.68 bits per heavy atom. The molecule has 0 aromatic carbocycles. The van der Waals surface area contributed by atoms with Gasteiger partial charge in [0.2, 0.25) is 0 Å². The Hall–Kier alpha value is -2.58. The summed E-state index contributed by atoms with van der Waals surface area (Å²) in [7, 11) is 1.46. The summed E-state index contributed by atoms with van der Waals surface area (Å²) in [6.45, 7) is 6.99. The van der Waals surface area contributed by atoms with E-state index in [-0.39, 0.29) is 12.1 Å². The van der Waals surface area contributed by atoms with Crippen molar-refractivity contribution in [1.82, 2.24) is 15.3 Å². The smallest absolute Gasteiger partial charge is 0.407 e. The monoisotopic (exact) mass is 350 g/mol. The normalized spacial score (nSPS) is 16.1. The molecule has 1 saturated heterocycles. The molecule has 1 aromatic rings. The van der Waals surface area contributed by atoms with Gasteiger partial charge in [-0.05, 0) is 33.6 Å². The van der Waals surface area contributed by atoms with E-state index in [0.717, 1.165) is 25.9 Å². The Bertz CT molecular complexity index is 621. The molecule has 2 rings (SSSR count). The maximum absolute atomic E-state index is 11.9. The molecule has 138 valence electrons. The van der Waals surface area contributed by atoms with E-state index in [1.165, 1.54) is 19.7 Å². The molecular weight excluding hydrogens is 324 g/mol. The van der Waals surface area contributed by atoms with Crippen molar-refractivity contribution in [3.8, 4) is 0 Å². The van der Waals surface area contributed by atoms with Gasteiger partial charge in [0.05, 0.1) is 11.8 Å². The molecule has 3 N–H and O–H groups in total. The minimum absolute atomic E-state index is 0.0707. The van der Waals surface area contributed by atoms with Gasteiger partial charge < -0.3 is 25.5 Å². The molecular formula is C16H26N6O3. The number of hydrogen-bond acceptors (Lipinski definition) is 8. The molecule has 2 heterocycles. The first-order valence-electron chi connectivity index (χ1n) is 8.21. The molecule has 1 amide bonds. The predicted octanol–water partition coefficient (Wildman–Crippen LogP) is 1.53. The highest BCUT2D eigenvalue weighted by atomic mass is 16.6. The molecule has 25 heavy (non-hydrogen) atoms. The Balaban J connectivity index is 1.98. The lowest BCUT2D eigenvalue weighted by Crippen LogP contribution is -2.46. The van der Waals surface area contributed by atoms with E-state index in [1.807, 2.05) is 20.8 Å². The van der Waals surface area contributed by atoms with Crippen molar-refractivity contribution < 1.29 is 14.4 Å². The van der Waals surface area contributed by atoms with Crippen molar-refractivity contribution in [3.05, 3.63) is 11.9 Å². The highest BCUT2D eigenvalue weighted by molar-refractivity contribution is 5.91. The van der Waals surface area contributed by atoms with Crippen LogP contribution in [0.4, 0.5) is 16.4 Å². The molecule has 1 aliphatic heterocycles. The van der Waals surface area contributed by atoms with Crippen LogP contribution in [-0.2, 0) is 9.57 Å². The average Bonchev–Trinajstić information content (AvgIpc) is 2.52. The van der Waals surface area contributed by atoms with Crippen LogP contribution in [-0.4, -0.2) is 54.1 Å². The van der Waals surface area contributed by atoms with Crippen molar-refractivity contribution in [2.24, 2.45) is 5.16 Å². The number of hydrogen-bond donors (Lipinski definition) is 2. The van der Waals surface area contributed by atoms with Gasteiger partial charge in [0.15, 0.2) is 0 Å². The van der Waals surface area contributed by atoms with Crippen molar-refractivity contribution in [1.29, 1.82) is 0 Å². The van der Waals surface area contributed by atoms with E-state index in [2.05, 4.69) is 25.3 Å². The number of nitrogens with zero attached hydrogens (tertiary/aromatic N) is 4. The van der Waals surface area contributed by atoms with E-state index in [1.54, 1.807) is 0 Å². The van der Waals surface area contributed by atoms with E-state index in [9.17, 15) is 4.79 Å². The number of piperidine rings is 1. The first kappa shape index (κ1) is 18.8. The fraction of sp³-hybridized carbons (Fsp3) is 0.625. The largest absolute Gasteiger partial charge is 0.444 e. The number of carbonyl (C=O) groups is 1. The van der Waals surface area contributed by atoms with Crippen molar-refractivity contribution in [2.75, 3.05) is 30.8 Å². The molecule has 0 radical (unpaired) electrons. The number of carbonyl (C=O) groups excluding carboxylic acids is 1. The average molecular weight is 350 g/mol. The van der Waals surface area contributed by atoms with Gasteiger partial charge in [0.25, 0.3) is 0 Å². The molecule has 1 aliphatic rings. The van der Waals surface area contributed by atoms with Gasteiger partial charge >= 0.3 is 6.09 Å². The molecule has 0 spiro atoms. The highest BCUT2D eigenvalue weighted by Crippen LogP contribution is 2.23. The lowest BCUT2D eigenvalue weighted by atomic mass is 10.0. The number of alkyl carbamates (subject to hydrolysis) is 1. The number of rotatable bonds is 4. The Morgan fingerprint density at radius 2 is 2.08 bits per heavy atom. The lowest BCUT2D eigenvalue weighted by molar-refractivity contribution is 0.0497. The van der Waals surface area contributed by atoms with Crippen LogP contribution in [0, 0.1) is 0 Å². The minimum atomic E-state index is -0.501. The zero-order valence-electron chi connectivity index (χ0n) is 15.2. The maximum Gasteiger partial charge on any atom is 0.407 e. The van der Waals surface area contributed by atoms with Crippen LogP contribution in [0.15, 0.2) is 11.5 Å². The standard InChI is InChI=1S/C16H26N6O3/c1-16(2,3)25-15(23)21-11-5-7-22(8-6-11)14-12(9-20-24-4)13(17)18-10-19-14/h9-11H,5-8H2,1-4H3,(H,21,23)(H2,17,18,19)/b20-9+. The summed E-state index contributed by atoms with van der Waals surface area (Å²) >= 11 is 0. The van der Waals surface area contributed by atoms with E-state index in [0.29, 0.717) is 17.2 Å². The molecule has 1 aromatic heterocycles. The number of aromatic nitrogens is 2. The third-order valence-electron chi connectivity index (χ3n) is 3.70. The summed E-state index contributed by atoms with van der Waals surface area (Å²) in [5.74, 6) is 1.06. The van der Waals surface area contributed by atoms with Gasteiger partial charge in [-0.25, -0.2) is 14.8 Å². The fourth-order valence-corrected chi connectivity index (χ4v) is 2.59. The highest BCUT2D eigenvalue weighted by Gasteiger charge is 2.25. The Labute approximate surface area is 147 Å². The van der Waals surface area contributed by atoms with Crippen LogP contribution in [0.25, 0.3) is 0 Å². The quantitative estimate of drug-likeness (QED) is 0.625. The van der Waals surface area contributed by atoms with E-state index < -0.39 is 5.60 Å². The summed E-state index contributed by atoms with van der Waals surface area (Å²) in [6.07, 6.45) is 4.12. The first-order chi connectivity index (χ1) is 11.8. The second-order valence-electron chi connectivity index (χ2n) is 6.82. The van der Waals surface area contributed by atoms with Gasteiger partial charge in [-0.3, -0.25) is 0 Å². The maximum atomic E-state index is 11.9. The summed E-state index contributed by atoms with van der Waals surface area (Å²) in [6, 6.07) is 0.0707. The van der Waals surface area contributed by atoms with Crippen LogP contribution in [0.2, 0.25) is 0 Å². The molecule has 9 heteroatoms. The summed E-state index contributed by atoms with van der Waals surface area (Å²) in [5.41, 5.74) is 6.05. The fourth-order valence-electron chi connectivity index (χ4n) is 2.59. The van der Waals surface area contributed by atoms with Crippen LogP contribution in [0.3, 0.4) is 0 Å². The van der Waals surface area contributed by atoms with Gasteiger partial charge in [0.1, 0.15) is 30.7 Å². The molecule has 0 unspecified atom stereocenters. The third-order valence-corrected chi connectivity index (χ3v) is 3.70. The molecule has 0 aliphatic carbocycles. The van der Waals surface area contributed by atoms with Crippen LogP contribution >= 0.6 is 0 Å². The number of ether oxygens (including phenoxy) is 1. The molecule has 0 bridgehead atoms. The molecule has 0 atom stereocenters. The van der Waals surface area contributed by atoms with E-state index in [4.69, 9.17) is 15.3 Å². The van der Waals surface area contributed by atoms with Crippen LogP contribution < -0.4 is 16.0 Å². The van der Waals surface area contributed by atoms with Gasteiger partial charge in [-0.15, -0.1) is 0 Å². The van der Waals surface area contributed by atoms with Crippen molar-refractivity contribution in [3.63, 3.8) is 0 Å². The first-order valence-corrected chi connectivity index (χ1v) is 8.21.